The Morgan fingerprint density at radius 2 is 1.61 bits per heavy atom. The number of carbonyl (C=O) groups excluding carboxylic acids is 3. The predicted octanol–water partition coefficient (Wildman–Crippen LogP) is 6.58. The van der Waals surface area contributed by atoms with E-state index in [9.17, 15) is 19.6 Å². The topological polar surface area (TPSA) is 168 Å². The Kier molecular flexibility index (Phi) is 13.4. The normalized spacial score (nSPS) is 16.5. The minimum absolute atomic E-state index is 0.0151. The van der Waals surface area contributed by atoms with Crippen molar-refractivity contribution < 1.29 is 28.7 Å². The number of halogens is 1. The van der Waals surface area contributed by atoms with E-state index in [1.165, 1.54) is 16.7 Å². The number of aromatic nitrogens is 2. The molecule has 5 aromatic rings. The van der Waals surface area contributed by atoms with Crippen LogP contribution in [0.5, 0.6) is 5.75 Å². The van der Waals surface area contributed by atoms with Gasteiger partial charge in [-0.15, -0.1) is 11.8 Å². The number of fused-ring (bicyclic) bond motifs is 1. The Hall–Kier alpha value is -6.03. The van der Waals surface area contributed by atoms with Crippen LogP contribution < -0.4 is 15.4 Å². The summed E-state index contributed by atoms with van der Waals surface area (Å²) in [6, 6.07) is 37.7. The molecule has 0 saturated carbocycles. The van der Waals surface area contributed by atoms with Crippen molar-refractivity contribution in [2.24, 2.45) is 5.16 Å². The molecule has 1 saturated heterocycles. The smallest absolute Gasteiger partial charge is 0.355 e. The van der Waals surface area contributed by atoms with Crippen LogP contribution in [-0.2, 0) is 36.1 Å². The second-order valence-corrected chi connectivity index (χ2v) is 15.7. The number of alkyl halides is 1. The summed E-state index contributed by atoms with van der Waals surface area (Å²) in [5.41, 5.74) is 3.05. The second-order valence-electron chi connectivity index (χ2n) is 13.0. The highest BCUT2D eigenvalue weighted by atomic mass is 127. The average Bonchev–Trinajstić information content (AvgIpc) is 3.75. The number of β-lactam (4-membered cyclic amide) rings is 1. The van der Waals surface area contributed by atoms with E-state index in [4.69, 9.17) is 19.3 Å². The van der Waals surface area contributed by atoms with Crippen molar-refractivity contribution in [3.63, 3.8) is 0 Å². The van der Waals surface area contributed by atoms with Crippen LogP contribution >= 0.6 is 45.9 Å². The lowest BCUT2D eigenvalue weighted by Crippen LogP contribution is -2.71. The number of hydrogen-bond acceptors (Lipinski definition) is 13. The van der Waals surface area contributed by atoms with Crippen LogP contribution in [0.25, 0.3) is 0 Å². The first-order valence-electron chi connectivity index (χ1n) is 18.2. The van der Waals surface area contributed by atoms with Gasteiger partial charge in [-0.25, -0.2) is 4.79 Å². The molecule has 4 aromatic carbocycles. The van der Waals surface area contributed by atoms with Crippen LogP contribution in [0.2, 0.25) is 0 Å². The molecule has 1 fully saturated rings. The van der Waals surface area contributed by atoms with E-state index in [2.05, 4.69) is 42.8 Å². The molecule has 2 atom stereocenters. The Morgan fingerprint density at radius 1 is 0.983 bits per heavy atom. The summed E-state index contributed by atoms with van der Waals surface area (Å²) in [6.07, 6.45) is 3.71. The molecule has 0 spiro atoms. The van der Waals surface area contributed by atoms with Gasteiger partial charge < -0.3 is 24.9 Å². The first kappa shape index (κ1) is 41.1. The van der Waals surface area contributed by atoms with E-state index in [0.29, 0.717) is 26.6 Å². The predicted molar refractivity (Wildman–Crippen MR) is 234 cm³/mol. The van der Waals surface area contributed by atoms with Crippen LogP contribution in [0.4, 0.5) is 5.13 Å². The highest BCUT2D eigenvalue weighted by Gasteiger charge is 2.54. The SMILES string of the molecule is COc1ccc(COC(=O)C2=C(/C=C/CI)CS[C@H]3[C@H](NC(=O)/C(=N\OCC#N)c4nsc(NC(c5ccccc5)(c5ccccc5)c5ccccc5)n4)C(=O)N23)cc1. The molecule has 0 radical (unpaired) electrons. The second kappa shape index (κ2) is 19.1. The van der Waals surface area contributed by atoms with Gasteiger partial charge in [0.2, 0.25) is 23.3 Å². The van der Waals surface area contributed by atoms with E-state index in [-0.39, 0.29) is 23.8 Å². The van der Waals surface area contributed by atoms with Crippen molar-refractivity contribution in [3.05, 3.63) is 167 Å². The first-order valence-corrected chi connectivity index (χ1v) is 21.6. The minimum Gasteiger partial charge on any atom is -0.497 e. The number of anilines is 1. The number of carbonyl (C=O) groups is 3. The lowest BCUT2D eigenvalue weighted by Gasteiger charge is -2.49. The maximum Gasteiger partial charge on any atom is 0.355 e. The summed E-state index contributed by atoms with van der Waals surface area (Å²) in [7, 11) is 1.57. The minimum atomic E-state index is -1.02. The van der Waals surface area contributed by atoms with Gasteiger partial charge in [-0.3, -0.25) is 14.5 Å². The molecule has 2 amide bonds. The molecule has 0 aliphatic carbocycles. The van der Waals surface area contributed by atoms with E-state index in [1.54, 1.807) is 31.4 Å². The third-order valence-electron chi connectivity index (χ3n) is 9.47. The van der Waals surface area contributed by atoms with Gasteiger partial charge in [0.1, 0.15) is 41.1 Å². The van der Waals surface area contributed by atoms with Gasteiger partial charge in [-0.1, -0.05) is 143 Å². The summed E-state index contributed by atoms with van der Waals surface area (Å²) in [5.74, 6) is -0.976. The lowest BCUT2D eigenvalue weighted by atomic mass is 9.77. The number of nitrogens with zero attached hydrogens (tertiary/aromatic N) is 5. The third kappa shape index (κ3) is 8.87. The number of rotatable bonds is 16. The van der Waals surface area contributed by atoms with Crippen molar-refractivity contribution in [1.29, 1.82) is 5.26 Å². The van der Waals surface area contributed by atoms with Gasteiger partial charge in [0.05, 0.1) is 7.11 Å². The summed E-state index contributed by atoms with van der Waals surface area (Å²) in [5, 5.41) is 19.3. The van der Waals surface area contributed by atoms with Crippen LogP contribution in [-0.4, -0.2) is 73.1 Å². The molecular formula is C43H36IN7O6S2. The van der Waals surface area contributed by atoms with Crippen molar-refractivity contribution >= 4 is 74.5 Å². The maximum absolute atomic E-state index is 14.0. The zero-order chi connectivity index (χ0) is 41.2. The molecule has 0 bridgehead atoms. The molecule has 0 unspecified atom stereocenters. The summed E-state index contributed by atoms with van der Waals surface area (Å²) >= 11 is 4.61. The summed E-state index contributed by atoms with van der Waals surface area (Å²) in [4.78, 5) is 52.8. The molecule has 2 aliphatic rings. The largest absolute Gasteiger partial charge is 0.497 e. The number of nitriles is 1. The summed E-state index contributed by atoms with van der Waals surface area (Å²) in [6.45, 7) is -0.459. The molecule has 13 nitrogen and oxygen atoms in total. The number of nitrogens with one attached hydrogen (secondary N) is 2. The van der Waals surface area contributed by atoms with Gasteiger partial charge in [0, 0.05) is 21.7 Å². The van der Waals surface area contributed by atoms with Gasteiger partial charge >= 0.3 is 5.97 Å². The monoisotopic (exact) mass is 937 g/mol. The molecule has 7 rings (SSSR count). The number of esters is 1. The lowest BCUT2D eigenvalue weighted by molar-refractivity contribution is -0.153. The van der Waals surface area contributed by atoms with Crippen molar-refractivity contribution in [2.75, 3.05) is 29.2 Å². The number of amides is 2. The average molecular weight is 938 g/mol. The first-order chi connectivity index (χ1) is 28.9. The summed E-state index contributed by atoms with van der Waals surface area (Å²) < 4.78 is 16.1. The molecule has 59 heavy (non-hydrogen) atoms. The Bertz CT molecular complexity index is 2330. The third-order valence-corrected chi connectivity index (χ3v) is 11.9. The fourth-order valence-corrected chi connectivity index (χ4v) is 8.92. The number of thioether (sulfide) groups is 1. The maximum atomic E-state index is 14.0. The number of benzene rings is 4. The van der Waals surface area contributed by atoms with Crippen LogP contribution in [0, 0.1) is 11.3 Å². The van der Waals surface area contributed by atoms with Gasteiger partial charge in [0.15, 0.2) is 0 Å². The standard InChI is InChI=1S/C43H36IN7O6S2/c1-55-33-21-19-28(20-22-33)26-56-41(54)36-29(12-11-23-44)27-58-40-35(39(53)51(36)40)46-38(52)34(49-57-25-24-45)37-47-42(59-50-37)48-43(30-13-5-2-6-14-30,31-15-7-3-8-16-31)32-17-9-4-10-18-32/h2-22,35,40H,23,25-27H2,1H3,(H,46,52)(H,47,48,50)/b12-11+,49-34-/t35-,40+/m1/s1. The Morgan fingerprint density at radius 3 is 2.19 bits per heavy atom. The van der Waals surface area contributed by atoms with Crippen molar-refractivity contribution in [3.8, 4) is 11.8 Å². The molecule has 2 N–H and O–H groups in total. The highest BCUT2D eigenvalue weighted by Crippen LogP contribution is 2.42. The van der Waals surface area contributed by atoms with E-state index < -0.39 is 41.3 Å². The number of hydrogen-bond donors (Lipinski definition) is 2. The van der Waals surface area contributed by atoms with Crippen LogP contribution in [0.15, 0.2) is 144 Å². The highest BCUT2D eigenvalue weighted by molar-refractivity contribution is 14.1. The van der Waals surface area contributed by atoms with E-state index >= 15 is 0 Å². The number of methoxy groups -OCH3 is 1. The number of allylic oxidation sites excluding steroid dienone is 2. The molecule has 1 aromatic heterocycles. The van der Waals surface area contributed by atoms with Crippen molar-refractivity contribution in [1.82, 2.24) is 19.6 Å². The molecular weight excluding hydrogens is 902 g/mol. The van der Waals surface area contributed by atoms with E-state index in [1.807, 2.05) is 109 Å². The fraction of sp³-hybridized carbons (Fsp3) is 0.186. The number of oxime groups is 1. The zero-order valence-corrected chi connectivity index (χ0v) is 35.3. The Labute approximate surface area is 362 Å². The Balaban J connectivity index is 1.14. The molecule has 3 heterocycles. The van der Waals surface area contributed by atoms with Gasteiger partial charge in [-0.05, 0) is 40.0 Å². The molecule has 2 aliphatic heterocycles. The molecule has 16 heteroatoms. The number of ether oxygens (including phenoxy) is 2. The quantitative estimate of drug-likeness (QED) is 0.0160. The fourth-order valence-electron chi connectivity index (χ4n) is 6.72. The molecule has 298 valence electrons. The van der Waals surface area contributed by atoms with Crippen LogP contribution in [0.1, 0.15) is 28.1 Å². The van der Waals surface area contributed by atoms with Crippen molar-refractivity contribution in [2.45, 2.75) is 23.6 Å². The zero-order valence-electron chi connectivity index (χ0n) is 31.5. The van der Waals surface area contributed by atoms with E-state index in [0.717, 1.165) is 33.8 Å². The van der Waals surface area contributed by atoms with Gasteiger partial charge in [0.25, 0.3) is 11.8 Å². The van der Waals surface area contributed by atoms with Crippen LogP contribution in [0.3, 0.4) is 0 Å². The van der Waals surface area contributed by atoms with Gasteiger partial charge in [-0.2, -0.15) is 14.6 Å².